The van der Waals surface area contributed by atoms with Gasteiger partial charge in [-0.05, 0) is 24.5 Å². The molecule has 1 amide bonds. The molecule has 0 aliphatic heterocycles. The van der Waals surface area contributed by atoms with Crippen molar-refractivity contribution in [3.05, 3.63) is 22.7 Å². The zero-order valence-electron chi connectivity index (χ0n) is 16.7. The highest BCUT2D eigenvalue weighted by atomic mass is 35.5. The van der Waals surface area contributed by atoms with Gasteiger partial charge in [-0.15, -0.1) is 0 Å². The van der Waals surface area contributed by atoms with Crippen LogP contribution in [0.25, 0.3) is 0 Å². The van der Waals surface area contributed by atoms with Crippen LogP contribution >= 0.6 is 11.6 Å². The van der Waals surface area contributed by atoms with Gasteiger partial charge in [0, 0.05) is 5.56 Å². The van der Waals surface area contributed by atoms with Crippen molar-refractivity contribution in [3.63, 3.8) is 0 Å². The number of halogens is 1. The fourth-order valence-electron chi connectivity index (χ4n) is 2.20. The fraction of sp³-hybridized carbons (Fsp3) is 0.526. The standard InChI is InChI=1S/C19H26ClNO7/c1-12(2)6-7-28-18-14(20)8-13(9-15(18)25-3)19(24)21(10-16(22)26-4)11-17(23)27-5/h8-9,12H,6-7,10-11H2,1-5H3. The summed E-state index contributed by atoms with van der Waals surface area (Å²) in [5, 5.41) is 0.183. The topological polar surface area (TPSA) is 91.4 Å². The smallest absolute Gasteiger partial charge is 0.325 e. The largest absolute Gasteiger partial charge is 0.493 e. The minimum Gasteiger partial charge on any atom is -0.493 e. The Balaban J connectivity index is 3.13. The predicted molar refractivity (Wildman–Crippen MR) is 103 cm³/mol. The molecule has 1 rings (SSSR count). The molecule has 0 bridgehead atoms. The molecule has 9 heteroatoms. The van der Waals surface area contributed by atoms with E-state index in [0.717, 1.165) is 11.3 Å². The molecule has 1 aromatic rings. The Morgan fingerprint density at radius 2 is 1.61 bits per heavy atom. The van der Waals surface area contributed by atoms with Crippen LogP contribution in [0.1, 0.15) is 30.6 Å². The van der Waals surface area contributed by atoms with Crippen LogP contribution in [0.2, 0.25) is 5.02 Å². The van der Waals surface area contributed by atoms with Crippen molar-refractivity contribution in [3.8, 4) is 11.5 Å². The van der Waals surface area contributed by atoms with Crippen molar-refractivity contribution in [2.45, 2.75) is 20.3 Å². The summed E-state index contributed by atoms with van der Waals surface area (Å²) in [7, 11) is 3.80. The third-order valence-electron chi connectivity index (χ3n) is 3.80. The Labute approximate surface area is 169 Å². The molecule has 28 heavy (non-hydrogen) atoms. The van der Waals surface area contributed by atoms with Crippen LogP contribution in [0.3, 0.4) is 0 Å². The molecule has 0 heterocycles. The first kappa shape index (κ1) is 23.6. The average Bonchev–Trinajstić information content (AvgIpc) is 2.66. The van der Waals surface area contributed by atoms with E-state index in [4.69, 9.17) is 21.1 Å². The van der Waals surface area contributed by atoms with Crippen LogP contribution in [0, 0.1) is 5.92 Å². The lowest BCUT2D eigenvalue weighted by atomic mass is 10.1. The highest BCUT2D eigenvalue weighted by Gasteiger charge is 2.25. The van der Waals surface area contributed by atoms with Gasteiger partial charge >= 0.3 is 11.9 Å². The molecular weight excluding hydrogens is 390 g/mol. The second-order valence-electron chi connectivity index (χ2n) is 6.33. The van der Waals surface area contributed by atoms with Gasteiger partial charge < -0.3 is 23.8 Å². The third-order valence-corrected chi connectivity index (χ3v) is 4.08. The van der Waals surface area contributed by atoms with Crippen LogP contribution in [-0.4, -0.2) is 63.8 Å². The minimum absolute atomic E-state index is 0.130. The molecule has 156 valence electrons. The number of carbonyl (C=O) groups is 3. The number of ether oxygens (including phenoxy) is 4. The zero-order chi connectivity index (χ0) is 21.3. The highest BCUT2D eigenvalue weighted by Crippen LogP contribution is 2.37. The molecule has 8 nitrogen and oxygen atoms in total. The van der Waals surface area contributed by atoms with E-state index in [1.807, 2.05) is 0 Å². The Bertz CT molecular complexity index is 688. The number of methoxy groups -OCH3 is 3. The van der Waals surface area contributed by atoms with Gasteiger partial charge in [0.15, 0.2) is 11.5 Å². The summed E-state index contributed by atoms with van der Waals surface area (Å²) in [5.41, 5.74) is 0.130. The SMILES string of the molecule is COC(=O)CN(CC(=O)OC)C(=O)c1cc(Cl)c(OCCC(C)C)c(OC)c1. The molecular formula is C19H26ClNO7. The summed E-state index contributed by atoms with van der Waals surface area (Å²) in [6, 6.07) is 2.85. The Kier molecular flexibility index (Phi) is 9.58. The summed E-state index contributed by atoms with van der Waals surface area (Å²) in [6.45, 7) is 3.74. The summed E-state index contributed by atoms with van der Waals surface area (Å²) < 4.78 is 20.1. The first-order chi connectivity index (χ1) is 13.2. The van der Waals surface area contributed by atoms with Gasteiger partial charge in [-0.2, -0.15) is 0 Å². The molecule has 0 unspecified atom stereocenters. The maximum Gasteiger partial charge on any atom is 0.325 e. The molecule has 0 saturated heterocycles. The number of nitrogens with zero attached hydrogens (tertiary/aromatic N) is 1. The van der Waals surface area contributed by atoms with Crippen molar-refractivity contribution < 1.29 is 33.3 Å². The van der Waals surface area contributed by atoms with Gasteiger partial charge in [-0.25, -0.2) is 0 Å². The normalized spacial score (nSPS) is 10.4. The third kappa shape index (κ3) is 6.92. The molecule has 0 spiro atoms. The van der Waals surface area contributed by atoms with E-state index < -0.39 is 30.9 Å². The lowest BCUT2D eigenvalue weighted by Crippen LogP contribution is -2.40. The van der Waals surface area contributed by atoms with Gasteiger partial charge in [0.25, 0.3) is 5.91 Å². The molecule has 1 aromatic carbocycles. The Hall–Kier alpha value is -2.48. The van der Waals surface area contributed by atoms with Crippen molar-refractivity contribution >= 4 is 29.4 Å². The van der Waals surface area contributed by atoms with Crippen LogP contribution in [-0.2, 0) is 19.1 Å². The second-order valence-corrected chi connectivity index (χ2v) is 6.74. The predicted octanol–water partition coefficient (Wildman–Crippen LogP) is 2.56. The van der Waals surface area contributed by atoms with Crippen molar-refractivity contribution in [2.75, 3.05) is 41.0 Å². The maximum absolute atomic E-state index is 12.8. The molecule has 0 fully saturated rings. The molecule has 0 aromatic heterocycles. The summed E-state index contributed by atoms with van der Waals surface area (Å²) in [5.74, 6) is -0.905. The van der Waals surface area contributed by atoms with E-state index in [0.29, 0.717) is 18.3 Å². The minimum atomic E-state index is -0.677. The van der Waals surface area contributed by atoms with Crippen molar-refractivity contribution in [2.24, 2.45) is 5.92 Å². The van der Waals surface area contributed by atoms with E-state index in [-0.39, 0.29) is 16.3 Å². The van der Waals surface area contributed by atoms with Crippen LogP contribution in [0.15, 0.2) is 12.1 Å². The summed E-state index contributed by atoms with van der Waals surface area (Å²) in [6.07, 6.45) is 0.826. The number of carbonyl (C=O) groups excluding carboxylic acids is 3. The molecule has 0 atom stereocenters. The number of hydrogen-bond acceptors (Lipinski definition) is 7. The van der Waals surface area contributed by atoms with E-state index in [1.165, 1.54) is 33.5 Å². The maximum atomic E-state index is 12.8. The number of benzene rings is 1. The number of esters is 2. The average molecular weight is 416 g/mol. The van der Waals surface area contributed by atoms with Crippen molar-refractivity contribution in [1.82, 2.24) is 4.90 Å². The first-order valence-corrected chi connectivity index (χ1v) is 9.04. The zero-order valence-corrected chi connectivity index (χ0v) is 17.5. The molecule has 0 aliphatic rings. The molecule has 0 saturated carbocycles. The van der Waals surface area contributed by atoms with E-state index in [1.54, 1.807) is 0 Å². The molecule has 0 aliphatic carbocycles. The molecule has 0 radical (unpaired) electrons. The highest BCUT2D eigenvalue weighted by molar-refractivity contribution is 6.32. The fourth-order valence-corrected chi connectivity index (χ4v) is 2.47. The number of rotatable bonds is 10. The van der Waals surface area contributed by atoms with E-state index in [9.17, 15) is 14.4 Å². The van der Waals surface area contributed by atoms with Gasteiger partial charge in [0.05, 0.1) is 33.0 Å². The van der Waals surface area contributed by atoms with E-state index >= 15 is 0 Å². The lowest BCUT2D eigenvalue weighted by molar-refractivity contribution is -0.144. The van der Waals surface area contributed by atoms with Gasteiger partial charge in [-0.1, -0.05) is 25.4 Å². The van der Waals surface area contributed by atoms with Gasteiger partial charge in [0.1, 0.15) is 13.1 Å². The quantitative estimate of drug-likeness (QED) is 0.542. The van der Waals surface area contributed by atoms with Crippen molar-refractivity contribution in [1.29, 1.82) is 0 Å². The van der Waals surface area contributed by atoms with Crippen LogP contribution in [0.4, 0.5) is 0 Å². The van der Waals surface area contributed by atoms with Gasteiger partial charge in [0.2, 0.25) is 0 Å². The number of amides is 1. The lowest BCUT2D eigenvalue weighted by Gasteiger charge is -2.21. The first-order valence-electron chi connectivity index (χ1n) is 8.66. The Morgan fingerprint density at radius 1 is 1.04 bits per heavy atom. The second kappa shape index (κ2) is 11.4. The van der Waals surface area contributed by atoms with E-state index in [2.05, 4.69) is 23.3 Å². The summed E-state index contributed by atoms with van der Waals surface area (Å²) in [4.78, 5) is 37.1. The van der Waals surface area contributed by atoms with Crippen LogP contribution < -0.4 is 9.47 Å². The Morgan fingerprint density at radius 3 is 2.07 bits per heavy atom. The monoisotopic (exact) mass is 415 g/mol. The summed E-state index contributed by atoms with van der Waals surface area (Å²) >= 11 is 6.28. The van der Waals surface area contributed by atoms with Gasteiger partial charge in [-0.3, -0.25) is 14.4 Å². The molecule has 0 N–H and O–H groups in total. The van der Waals surface area contributed by atoms with Crippen LogP contribution in [0.5, 0.6) is 11.5 Å². The number of hydrogen-bond donors (Lipinski definition) is 0.